The average Bonchev–Trinajstić information content (AvgIpc) is 2.60. The maximum absolute atomic E-state index is 12.6. The van der Waals surface area contributed by atoms with Gasteiger partial charge in [0.05, 0.1) is 24.2 Å². The summed E-state index contributed by atoms with van der Waals surface area (Å²) in [5, 5.41) is 5.70. The minimum Gasteiger partial charge on any atom is -0.379 e. The second-order valence-corrected chi connectivity index (χ2v) is 7.39. The molecule has 7 nitrogen and oxygen atoms in total. The number of carbonyl (C=O) groups is 1. The second kappa shape index (κ2) is 8.39. The summed E-state index contributed by atoms with van der Waals surface area (Å²) in [6.07, 6.45) is 1.67. The molecule has 1 atom stereocenters. The lowest BCUT2D eigenvalue weighted by molar-refractivity contribution is -0.117. The van der Waals surface area contributed by atoms with Crippen LogP contribution in [-0.4, -0.2) is 57.5 Å². The first-order valence-electron chi connectivity index (χ1n) is 7.78. The molecule has 1 heterocycles. The molecule has 1 amide bonds. The van der Waals surface area contributed by atoms with E-state index in [1.807, 2.05) is 0 Å². The van der Waals surface area contributed by atoms with E-state index in [0.717, 1.165) is 0 Å². The highest BCUT2D eigenvalue weighted by Gasteiger charge is 2.26. The van der Waals surface area contributed by atoms with Crippen LogP contribution in [0.1, 0.15) is 6.92 Å². The molecule has 0 radical (unpaired) electrons. The van der Waals surface area contributed by atoms with E-state index in [9.17, 15) is 13.2 Å². The Bertz CT molecular complexity index is 684. The summed E-state index contributed by atoms with van der Waals surface area (Å²) in [7, 11) is -3.58. The minimum atomic E-state index is -3.58. The largest absolute Gasteiger partial charge is 0.379 e. The Labute approximate surface area is 142 Å². The summed E-state index contributed by atoms with van der Waals surface area (Å²) in [6.45, 7) is 7.28. The van der Waals surface area contributed by atoms with Gasteiger partial charge in [-0.1, -0.05) is 12.1 Å². The first-order chi connectivity index (χ1) is 11.4. The third-order valence-corrected chi connectivity index (χ3v) is 5.57. The first kappa shape index (κ1) is 18.6. The number of rotatable bonds is 7. The van der Waals surface area contributed by atoms with E-state index in [1.165, 1.54) is 16.4 Å². The second-order valence-electron chi connectivity index (χ2n) is 5.45. The van der Waals surface area contributed by atoms with Crippen LogP contribution in [0.3, 0.4) is 0 Å². The molecule has 1 fully saturated rings. The quantitative estimate of drug-likeness (QED) is 0.709. The zero-order valence-corrected chi connectivity index (χ0v) is 14.5. The Balaban J connectivity index is 2.10. The maximum Gasteiger partial charge on any atom is 0.243 e. The fourth-order valence-corrected chi connectivity index (χ4v) is 3.73. The number of hydrogen-bond acceptors (Lipinski definition) is 5. The molecule has 8 heteroatoms. The van der Waals surface area contributed by atoms with Crippen LogP contribution in [0.2, 0.25) is 0 Å². The molecule has 0 bridgehead atoms. The van der Waals surface area contributed by atoms with Gasteiger partial charge in [-0.05, 0) is 25.1 Å². The van der Waals surface area contributed by atoms with Crippen molar-refractivity contribution in [3.63, 3.8) is 0 Å². The summed E-state index contributed by atoms with van der Waals surface area (Å²) in [5.41, 5.74) is 0.446. The number of morpholine rings is 1. The van der Waals surface area contributed by atoms with Crippen LogP contribution in [0, 0.1) is 0 Å². The average molecular weight is 353 g/mol. The van der Waals surface area contributed by atoms with Gasteiger partial charge in [0.1, 0.15) is 0 Å². The van der Waals surface area contributed by atoms with Crippen molar-refractivity contribution in [3.05, 3.63) is 36.9 Å². The monoisotopic (exact) mass is 353 g/mol. The molecule has 1 aromatic rings. The highest BCUT2D eigenvalue weighted by molar-refractivity contribution is 7.89. The molecule has 132 valence electrons. The molecular formula is C16H23N3O4S. The Hall–Kier alpha value is -1.74. The van der Waals surface area contributed by atoms with Crippen LogP contribution in [0.15, 0.2) is 41.8 Å². The van der Waals surface area contributed by atoms with Gasteiger partial charge in [0.2, 0.25) is 15.9 Å². The number of amides is 1. The van der Waals surface area contributed by atoms with E-state index < -0.39 is 16.1 Å². The van der Waals surface area contributed by atoms with Gasteiger partial charge in [0, 0.05) is 25.3 Å². The van der Waals surface area contributed by atoms with E-state index in [-0.39, 0.29) is 10.8 Å². The Kier molecular flexibility index (Phi) is 6.50. The van der Waals surface area contributed by atoms with Crippen molar-refractivity contribution < 1.29 is 17.9 Å². The highest BCUT2D eigenvalue weighted by Crippen LogP contribution is 2.20. The first-order valence-corrected chi connectivity index (χ1v) is 9.22. The molecule has 2 rings (SSSR count). The van der Waals surface area contributed by atoms with E-state index in [4.69, 9.17) is 4.74 Å². The SMILES string of the molecule is C=CCNC(C)C(=O)Nc1cccc(S(=O)(=O)N2CCOCC2)c1. The van der Waals surface area contributed by atoms with Crippen molar-refractivity contribution in [2.75, 3.05) is 38.2 Å². The molecule has 0 aliphatic carbocycles. The standard InChI is InChI=1S/C16H23N3O4S/c1-3-7-17-13(2)16(20)18-14-5-4-6-15(12-14)24(21,22)19-8-10-23-11-9-19/h3-6,12-13,17H,1,7-11H2,2H3,(H,18,20). The van der Waals surface area contributed by atoms with Gasteiger partial charge in [-0.25, -0.2) is 8.42 Å². The fourth-order valence-electron chi connectivity index (χ4n) is 2.27. The third-order valence-electron chi connectivity index (χ3n) is 3.67. The topological polar surface area (TPSA) is 87.7 Å². The molecule has 0 saturated carbocycles. The molecule has 1 saturated heterocycles. The molecule has 1 aliphatic heterocycles. The van der Waals surface area contributed by atoms with Crippen molar-refractivity contribution >= 4 is 21.6 Å². The number of anilines is 1. The zero-order chi connectivity index (χ0) is 17.6. The number of hydrogen-bond donors (Lipinski definition) is 2. The molecule has 1 unspecified atom stereocenters. The predicted octanol–water partition coefficient (Wildman–Crippen LogP) is 0.810. The van der Waals surface area contributed by atoms with Gasteiger partial charge in [-0.3, -0.25) is 4.79 Å². The molecule has 2 N–H and O–H groups in total. The van der Waals surface area contributed by atoms with Gasteiger partial charge in [-0.15, -0.1) is 6.58 Å². The smallest absolute Gasteiger partial charge is 0.243 e. The summed E-state index contributed by atoms with van der Waals surface area (Å²) in [4.78, 5) is 12.3. The number of nitrogens with zero attached hydrogens (tertiary/aromatic N) is 1. The van der Waals surface area contributed by atoms with E-state index in [2.05, 4.69) is 17.2 Å². The Morgan fingerprint density at radius 2 is 2.12 bits per heavy atom. The maximum atomic E-state index is 12.6. The Morgan fingerprint density at radius 1 is 1.42 bits per heavy atom. The van der Waals surface area contributed by atoms with Crippen LogP contribution < -0.4 is 10.6 Å². The summed E-state index contributed by atoms with van der Waals surface area (Å²) < 4.78 is 31.9. The number of nitrogens with one attached hydrogen (secondary N) is 2. The van der Waals surface area contributed by atoms with Crippen molar-refractivity contribution in [1.29, 1.82) is 0 Å². The van der Waals surface area contributed by atoms with Crippen LogP contribution in [0.5, 0.6) is 0 Å². The van der Waals surface area contributed by atoms with Crippen molar-refractivity contribution in [3.8, 4) is 0 Å². The van der Waals surface area contributed by atoms with E-state index >= 15 is 0 Å². The fraction of sp³-hybridized carbons (Fsp3) is 0.438. The molecule has 24 heavy (non-hydrogen) atoms. The number of ether oxygens (including phenoxy) is 1. The molecule has 1 aliphatic rings. The van der Waals surface area contributed by atoms with Crippen LogP contribution >= 0.6 is 0 Å². The van der Waals surface area contributed by atoms with Crippen LogP contribution in [0.25, 0.3) is 0 Å². The van der Waals surface area contributed by atoms with E-state index in [1.54, 1.807) is 25.1 Å². The zero-order valence-electron chi connectivity index (χ0n) is 13.7. The van der Waals surface area contributed by atoms with Gasteiger partial charge < -0.3 is 15.4 Å². The van der Waals surface area contributed by atoms with Crippen LogP contribution in [0.4, 0.5) is 5.69 Å². The lowest BCUT2D eigenvalue weighted by Gasteiger charge is -2.26. The molecular weight excluding hydrogens is 330 g/mol. The molecule has 0 spiro atoms. The minimum absolute atomic E-state index is 0.161. The third kappa shape index (κ3) is 4.64. The Morgan fingerprint density at radius 3 is 2.79 bits per heavy atom. The predicted molar refractivity (Wildman–Crippen MR) is 92.3 cm³/mol. The lowest BCUT2D eigenvalue weighted by atomic mass is 10.2. The van der Waals surface area contributed by atoms with Gasteiger partial charge in [-0.2, -0.15) is 4.31 Å². The number of sulfonamides is 1. The van der Waals surface area contributed by atoms with Gasteiger partial charge >= 0.3 is 0 Å². The van der Waals surface area contributed by atoms with Gasteiger partial charge in [0.25, 0.3) is 0 Å². The summed E-state index contributed by atoms with van der Waals surface area (Å²) >= 11 is 0. The number of carbonyl (C=O) groups excluding carboxylic acids is 1. The van der Waals surface area contributed by atoms with Crippen molar-refractivity contribution in [2.24, 2.45) is 0 Å². The molecule has 0 aromatic heterocycles. The van der Waals surface area contributed by atoms with Gasteiger partial charge in [0.15, 0.2) is 0 Å². The highest BCUT2D eigenvalue weighted by atomic mass is 32.2. The normalized spacial score (nSPS) is 17.2. The van der Waals surface area contributed by atoms with Crippen molar-refractivity contribution in [1.82, 2.24) is 9.62 Å². The lowest BCUT2D eigenvalue weighted by Crippen LogP contribution is -2.40. The summed E-state index contributed by atoms with van der Waals surface area (Å²) in [6, 6.07) is 5.87. The van der Waals surface area contributed by atoms with Crippen LogP contribution in [-0.2, 0) is 19.6 Å². The molecule has 1 aromatic carbocycles. The number of benzene rings is 1. The van der Waals surface area contributed by atoms with E-state index in [0.29, 0.717) is 38.5 Å². The van der Waals surface area contributed by atoms with Crippen molar-refractivity contribution in [2.45, 2.75) is 17.9 Å². The summed E-state index contributed by atoms with van der Waals surface area (Å²) in [5.74, 6) is -0.238.